The highest BCUT2D eigenvalue weighted by molar-refractivity contribution is 7.19. The van der Waals surface area contributed by atoms with Crippen molar-refractivity contribution in [2.24, 2.45) is 0 Å². The minimum atomic E-state index is -0.153. The fourth-order valence-corrected chi connectivity index (χ4v) is 4.22. The third kappa shape index (κ3) is 1.41. The summed E-state index contributed by atoms with van der Waals surface area (Å²) in [5, 5.41) is 17.7. The first-order chi connectivity index (χ1) is 10.1. The summed E-state index contributed by atoms with van der Waals surface area (Å²) < 4.78 is 9.83. The van der Waals surface area contributed by atoms with Crippen LogP contribution in [0.2, 0.25) is 0 Å². The molecule has 21 heavy (non-hydrogen) atoms. The molecule has 1 aliphatic rings. The van der Waals surface area contributed by atoms with E-state index in [0.29, 0.717) is 6.61 Å². The maximum Gasteiger partial charge on any atom is 0.243 e. The van der Waals surface area contributed by atoms with E-state index < -0.39 is 0 Å². The fraction of sp³-hybridized carbons (Fsp3) is 0.385. The average Bonchev–Trinajstić information content (AvgIpc) is 3.13. The molecule has 5 rings (SSSR count). The van der Waals surface area contributed by atoms with Gasteiger partial charge in [0.1, 0.15) is 17.5 Å². The highest BCUT2D eigenvalue weighted by Crippen LogP contribution is 2.40. The van der Waals surface area contributed by atoms with Crippen LogP contribution in [0.15, 0.2) is 12.7 Å². The first-order valence-corrected chi connectivity index (χ1v) is 7.55. The summed E-state index contributed by atoms with van der Waals surface area (Å²) >= 11 is 1.73. The Bertz CT molecular complexity index is 1010. The molecule has 4 aromatic heterocycles. The number of fused-ring (bicyclic) bond motifs is 8. The smallest absolute Gasteiger partial charge is 0.243 e. The highest BCUT2D eigenvalue weighted by Gasteiger charge is 2.31. The minimum Gasteiger partial charge on any atom is -0.370 e. The van der Waals surface area contributed by atoms with Crippen LogP contribution in [0.5, 0.6) is 0 Å². The Hall–Kier alpha value is -2.06. The molecule has 0 unspecified atom stereocenters. The molecule has 106 valence electrons. The number of thiophene rings is 1. The van der Waals surface area contributed by atoms with Crippen LogP contribution >= 0.6 is 11.3 Å². The van der Waals surface area contributed by atoms with Crippen LogP contribution in [0, 0.1) is 0 Å². The molecule has 0 spiro atoms. The van der Waals surface area contributed by atoms with Gasteiger partial charge in [-0.05, 0) is 19.4 Å². The molecule has 8 heteroatoms. The number of nitrogens with zero attached hydrogens (tertiary/aromatic N) is 6. The van der Waals surface area contributed by atoms with Gasteiger partial charge in [0.25, 0.3) is 0 Å². The van der Waals surface area contributed by atoms with Crippen molar-refractivity contribution in [3.8, 4) is 0 Å². The maximum atomic E-state index is 5.94. The SMILES string of the molecule is CC1(C)Cc2c(sc3c2c2nncn2c2nncn32)CO1. The molecule has 7 nitrogen and oxygen atoms in total. The second-order valence-electron chi connectivity index (χ2n) is 5.93. The molecule has 0 aromatic carbocycles. The Kier molecular flexibility index (Phi) is 1.97. The van der Waals surface area contributed by atoms with Gasteiger partial charge in [-0.3, -0.25) is 4.40 Å². The zero-order valence-electron chi connectivity index (χ0n) is 11.6. The van der Waals surface area contributed by atoms with E-state index in [0.717, 1.165) is 28.1 Å². The van der Waals surface area contributed by atoms with E-state index in [4.69, 9.17) is 4.74 Å². The predicted molar refractivity (Wildman–Crippen MR) is 77.5 cm³/mol. The lowest BCUT2D eigenvalue weighted by molar-refractivity contribution is -0.0379. The molecule has 0 fully saturated rings. The predicted octanol–water partition coefficient (Wildman–Crippen LogP) is 1.84. The zero-order valence-corrected chi connectivity index (χ0v) is 12.4. The van der Waals surface area contributed by atoms with E-state index in [2.05, 4.69) is 34.2 Å². The lowest BCUT2D eigenvalue weighted by atomic mass is 9.94. The van der Waals surface area contributed by atoms with E-state index in [1.165, 1.54) is 10.4 Å². The van der Waals surface area contributed by atoms with Crippen molar-refractivity contribution < 1.29 is 4.74 Å². The minimum absolute atomic E-state index is 0.153. The number of rotatable bonds is 0. The van der Waals surface area contributed by atoms with Crippen LogP contribution in [0.25, 0.3) is 21.6 Å². The fourth-order valence-electron chi connectivity index (χ4n) is 3.03. The number of ether oxygens (including phenoxy) is 1. The van der Waals surface area contributed by atoms with Crippen molar-refractivity contribution in [3.63, 3.8) is 0 Å². The molecule has 0 aliphatic carbocycles. The first-order valence-electron chi connectivity index (χ1n) is 6.74. The molecule has 0 bridgehead atoms. The Morgan fingerprint density at radius 3 is 2.90 bits per heavy atom. The Morgan fingerprint density at radius 1 is 1.19 bits per heavy atom. The van der Waals surface area contributed by atoms with Crippen molar-refractivity contribution >= 4 is 33.0 Å². The van der Waals surface area contributed by atoms with E-state index in [-0.39, 0.29) is 5.60 Å². The Morgan fingerprint density at radius 2 is 2.00 bits per heavy atom. The second kappa shape index (κ2) is 3.58. The molecule has 4 aromatic rings. The summed E-state index contributed by atoms with van der Waals surface area (Å²) in [7, 11) is 0. The normalized spacial score (nSPS) is 17.8. The van der Waals surface area contributed by atoms with Crippen LogP contribution in [0.1, 0.15) is 24.3 Å². The van der Waals surface area contributed by atoms with Gasteiger partial charge < -0.3 is 4.74 Å². The van der Waals surface area contributed by atoms with Crippen LogP contribution in [0.3, 0.4) is 0 Å². The lowest BCUT2D eigenvalue weighted by Crippen LogP contribution is -2.31. The van der Waals surface area contributed by atoms with Gasteiger partial charge in [0.15, 0.2) is 5.65 Å². The zero-order chi connectivity index (χ0) is 14.2. The monoisotopic (exact) mass is 300 g/mol. The van der Waals surface area contributed by atoms with E-state index in [1.54, 1.807) is 24.0 Å². The molecule has 0 saturated heterocycles. The van der Waals surface area contributed by atoms with Gasteiger partial charge in [-0.15, -0.1) is 31.7 Å². The van der Waals surface area contributed by atoms with Crippen molar-refractivity contribution in [1.29, 1.82) is 0 Å². The molecule has 5 heterocycles. The Balaban J connectivity index is 2.02. The summed E-state index contributed by atoms with van der Waals surface area (Å²) in [5.74, 6) is 0.737. The molecule has 0 radical (unpaired) electrons. The molecule has 0 atom stereocenters. The summed E-state index contributed by atoms with van der Waals surface area (Å²) in [5.41, 5.74) is 2.01. The van der Waals surface area contributed by atoms with Gasteiger partial charge in [0, 0.05) is 11.3 Å². The van der Waals surface area contributed by atoms with Gasteiger partial charge in [0.2, 0.25) is 5.78 Å². The lowest BCUT2D eigenvalue weighted by Gasteiger charge is -2.30. The second-order valence-corrected chi connectivity index (χ2v) is 7.02. The van der Waals surface area contributed by atoms with Crippen LogP contribution < -0.4 is 0 Å². The molecule has 0 saturated carbocycles. The largest absolute Gasteiger partial charge is 0.370 e. The highest BCUT2D eigenvalue weighted by atomic mass is 32.1. The van der Waals surface area contributed by atoms with E-state index in [9.17, 15) is 0 Å². The van der Waals surface area contributed by atoms with E-state index in [1.807, 2.05) is 8.80 Å². The number of hydrogen-bond donors (Lipinski definition) is 0. The third-order valence-electron chi connectivity index (χ3n) is 4.00. The summed E-state index contributed by atoms with van der Waals surface area (Å²) in [6.07, 6.45) is 4.30. The standard InChI is InChI=1S/C13H12N6OS/c1-13(2)3-7-8(4-20-13)21-11-9(7)10-16-14-5-18(10)12-17-15-6-19(11)12/h5-6H,3-4H2,1-2H3. The van der Waals surface area contributed by atoms with Gasteiger partial charge in [-0.25, -0.2) is 4.40 Å². The van der Waals surface area contributed by atoms with Crippen LogP contribution in [-0.2, 0) is 17.8 Å². The number of hydrogen-bond acceptors (Lipinski definition) is 6. The van der Waals surface area contributed by atoms with Gasteiger partial charge >= 0.3 is 0 Å². The average molecular weight is 300 g/mol. The molecule has 0 amide bonds. The van der Waals surface area contributed by atoms with Crippen molar-refractivity contribution in [2.45, 2.75) is 32.5 Å². The van der Waals surface area contributed by atoms with E-state index >= 15 is 0 Å². The van der Waals surface area contributed by atoms with Crippen molar-refractivity contribution in [1.82, 2.24) is 29.2 Å². The molecule has 1 aliphatic heterocycles. The summed E-state index contributed by atoms with van der Waals surface area (Å²) in [6, 6.07) is 0. The van der Waals surface area contributed by atoms with Crippen LogP contribution in [0.4, 0.5) is 0 Å². The number of aromatic nitrogens is 6. The van der Waals surface area contributed by atoms with Gasteiger partial charge in [0.05, 0.1) is 17.6 Å². The summed E-state index contributed by atoms with van der Waals surface area (Å²) in [4.78, 5) is 2.37. The van der Waals surface area contributed by atoms with Crippen LogP contribution in [-0.4, -0.2) is 34.8 Å². The first kappa shape index (κ1) is 11.6. The van der Waals surface area contributed by atoms with Gasteiger partial charge in [-0.1, -0.05) is 0 Å². The molecular weight excluding hydrogens is 288 g/mol. The molecule has 0 N–H and O–H groups in total. The maximum absolute atomic E-state index is 5.94. The van der Waals surface area contributed by atoms with Gasteiger partial charge in [-0.2, -0.15) is 0 Å². The Labute approximate surface area is 123 Å². The summed E-state index contributed by atoms with van der Waals surface area (Å²) in [6.45, 7) is 4.89. The third-order valence-corrected chi connectivity index (χ3v) is 5.21. The van der Waals surface area contributed by atoms with Crippen molar-refractivity contribution in [2.75, 3.05) is 0 Å². The topological polar surface area (TPSA) is 69.6 Å². The van der Waals surface area contributed by atoms with Crippen molar-refractivity contribution in [3.05, 3.63) is 23.1 Å². The quantitative estimate of drug-likeness (QED) is 0.495. The molecular formula is C13H12N6OS.